The molecule has 0 bridgehead atoms. The molecule has 0 N–H and O–H groups in total. The van der Waals surface area contributed by atoms with Crippen LogP contribution in [0.15, 0.2) is 47.2 Å². The van der Waals surface area contributed by atoms with Crippen molar-refractivity contribution < 1.29 is 4.79 Å². The molecule has 2 heterocycles. The van der Waals surface area contributed by atoms with Crippen LogP contribution in [0.4, 0.5) is 0 Å². The zero-order valence-corrected chi connectivity index (χ0v) is 11.8. The Bertz CT molecular complexity index is 779. The molecule has 0 spiro atoms. The normalized spacial score (nSPS) is 10.8. The summed E-state index contributed by atoms with van der Waals surface area (Å²) in [5.74, 6) is 0.0479. The minimum Gasteiger partial charge on any atom is -0.295 e. The number of rotatable bonds is 2. The van der Waals surface area contributed by atoms with Gasteiger partial charge in [0.15, 0.2) is 11.4 Å². The fourth-order valence-corrected chi connectivity index (χ4v) is 2.26. The molecule has 2 aromatic heterocycles. The molecule has 0 amide bonds. The van der Waals surface area contributed by atoms with Crippen LogP contribution in [-0.2, 0) is 0 Å². The zero-order chi connectivity index (χ0) is 13.4. The first-order valence-corrected chi connectivity index (χ1v) is 6.56. The molecule has 0 atom stereocenters. The van der Waals surface area contributed by atoms with Crippen LogP contribution in [0.2, 0.25) is 0 Å². The fraction of sp³-hybridized carbons (Fsp3) is 0.0714. The van der Waals surface area contributed by atoms with Gasteiger partial charge in [-0.3, -0.25) is 4.79 Å². The number of Topliss-reactive ketones (excluding diaryl/α,β-unsaturated/α-hetero) is 1. The maximum absolute atomic E-state index is 11.4. The van der Waals surface area contributed by atoms with Crippen molar-refractivity contribution in [1.29, 1.82) is 0 Å². The molecule has 1 aromatic carbocycles. The Hall–Kier alpha value is -2.01. The second-order valence-electron chi connectivity index (χ2n) is 4.21. The molecule has 4 nitrogen and oxygen atoms in total. The molecule has 0 aliphatic rings. The van der Waals surface area contributed by atoms with Crippen molar-refractivity contribution in [2.75, 3.05) is 0 Å². The summed E-state index contributed by atoms with van der Waals surface area (Å²) in [5.41, 5.74) is 3.17. The number of hydrogen-bond acceptors (Lipinski definition) is 3. The van der Waals surface area contributed by atoms with E-state index in [2.05, 4.69) is 26.0 Å². The van der Waals surface area contributed by atoms with E-state index in [1.807, 2.05) is 30.3 Å². The molecule has 19 heavy (non-hydrogen) atoms. The molecular weight excluding hydrogens is 306 g/mol. The standard InChI is InChI=1S/C14H10BrN3O/c1-9(19)10-3-2-4-11(7-10)12-5-6-14-16-8-13(15)18(14)17-12/h2-8H,1H3. The lowest BCUT2D eigenvalue weighted by atomic mass is 10.1. The van der Waals surface area contributed by atoms with Crippen molar-refractivity contribution in [3.8, 4) is 11.3 Å². The van der Waals surface area contributed by atoms with Crippen molar-refractivity contribution in [1.82, 2.24) is 14.6 Å². The number of hydrogen-bond donors (Lipinski definition) is 0. The van der Waals surface area contributed by atoms with Gasteiger partial charge in [0.2, 0.25) is 0 Å². The lowest BCUT2D eigenvalue weighted by molar-refractivity contribution is 0.101. The van der Waals surface area contributed by atoms with Gasteiger partial charge in [0, 0.05) is 11.1 Å². The van der Waals surface area contributed by atoms with Gasteiger partial charge in [-0.05, 0) is 41.1 Å². The molecule has 0 fully saturated rings. The average molecular weight is 316 g/mol. The van der Waals surface area contributed by atoms with Crippen LogP contribution in [0.1, 0.15) is 17.3 Å². The highest BCUT2D eigenvalue weighted by Gasteiger charge is 2.07. The second kappa shape index (κ2) is 4.59. The Balaban J connectivity index is 2.15. The molecular formula is C14H10BrN3O. The third-order valence-electron chi connectivity index (χ3n) is 2.89. The van der Waals surface area contributed by atoms with Crippen LogP contribution in [0, 0.1) is 0 Å². The van der Waals surface area contributed by atoms with E-state index in [0.717, 1.165) is 21.5 Å². The van der Waals surface area contributed by atoms with E-state index in [1.54, 1.807) is 23.7 Å². The molecule has 3 rings (SSSR count). The van der Waals surface area contributed by atoms with E-state index in [0.29, 0.717) is 5.56 Å². The highest BCUT2D eigenvalue weighted by Crippen LogP contribution is 2.20. The van der Waals surface area contributed by atoms with Gasteiger partial charge in [0.1, 0.15) is 4.60 Å². The molecule has 94 valence electrons. The van der Waals surface area contributed by atoms with Gasteiger partial charge < -0.3 is 0 Å². The van der Waals surface area contributed by atoms with Crippen molar-refractivity contribution in [3.63, 3.8) is 0 Å². The predicted octanol–water partition coefficient (Wildman–Crippen LogP) is 3.36. The molecule has 0 radical (unpaired) electrons. The minimum absolute atomic E-state index is 0.0479. The number of fused-ring (bicyclic) bond motifs is 1. The van der Waals surface area contributed by atoms with E-state index in [-0.39, 0.29) is 5.78 Å². The number of benzene rings is 1. The molecule has 5 heteroatoms. The predicted molar refractivity (Wildman–Crippen MR) is 76.1 cm³/mol. The van der Waals surface area contributed by atoms with Crippen LogP contribution in [0.25, 0.3) is 16.9 Å². The first kappa shape index (κ1) is 12.0. The summed E-state index contributed by atoms with van der Waals surface area (Å²) >= 11 is 3.40. The average Bonchev–Trinajstić information content (AvgIpc) is 2.80. The summed E-state index contributed by atoms with van der Waals surface area (Å²) in [6.45, 7) is 1.56. The number of nitrogens with zero attached hydrogens (tertiary/aromatic N) is 3. The van der Waals surface area contributed by atoms with E-state index in [9.17, 15) is 4.79 Å². The van der Waals surface area contributed by atoms with Crippen molar-refractivity contribution in [3.05, 3.63) is 52.8 Å². The van der Waals surface area contributed by atoms with Crippen LogP contribution in [0.3, 0.4) is 0 Å². The van der Waals surface area contributed by atoms with Gasteiger partial charge in [0.25, 0.3) is 0 Å². The Kier molecular flexibility index (Phi) is 2.91. The van der Waals surface area contributed by atoms with Gasteiger partial charge in [-0.25, -0.2) is 9.50 Å². The van der Waals surface area contributed by atoms with Crippen LogP contribution < -0.4 is 0 Å². The second-order valence-corrected chi connectivity index (χ2v) is 5.02. The largest absolute Gasteiger partial charge is 0.295 e. The Morgan fingerprint density at radius 2 is 2.11 bits per heavy atom. The third kappa shape index (κ3) is 2.17. The third-order valence-corrected chi connectivity index (χ3v) is 3.43. The molecule has 3 aromatic rings. The van der Waals surface area contributed by atoms with Gasteiger partial charge in [-0.1, -0.05) is 18.2 Å². The highest BCUT2D eigenvalue weighted by atomic mass is 79.9. The zero-order valence-electron chi connectivity index (χ0n) is 10.2. The van der Waals surface area contributed by atoms with Crippen LogP contribution in [0.5, 0.6) is 0 Å². The number of carbonyl (C=O) groups excluding carboxylic acids is 1. The molecule has 0 saturated heterocycles. The highest BCUT2D eigenvalue weighted by molar-refractivity contribution is 9.10. The summed E-state index contributed by atoms with van der Waals surface area (Å²) < 4.78 is 2.52. The summed E-state index contributed by atoms with van der Waals surface area (Å²) in [4.78, 5) is 15.6. The Labute approximate surface area is 118 Å². The van der Waals surface area contributed by atoms with Crippen LogP contribution in [-0.4, -0.2) is 20.4 Å². The van der Waals surface area contributed by atoms with Gasteiger partial charge >= 0.3 is 0 Å². The SMILES string of the molecule is CC(=O)c1cccc(-c2ccc3ncc(Br)n3n2)c1. The number of ketones is 1. The van der Waals surface area contributed by atoms with Gasteiger partial charge in [-0.15, -0.1) is 0 Å². The van der Waals surface area contributed by atoms with Gasteiger partial charge in [0.05, 0.1) is 11.9 Å². The summed E-state index contributed by atoms with van der Waals surface area (Å²) in [7, 11) is 0. The number of imidazole rings is 1. The van der Waals surface area contributed by atoms with E-state index < -0.39 is 0 Å². The summed E-state index contributed by atoms with van der Waals surface area (Å²) in [6, 6.07) is 11.2. The summed E-state index contributed by atoms with van der Waals surface area (Å²) in [6.07, 6.45) is 1.71. The van der Waals surface area contributed by atoms with Gasteiger partial charge in [-0.2, -0.15) is 5.10 Å². The topological polar surface area (TPSA) is 47.3 Å². The van der Waals surface area contributed by atoms with E-state index >= 15 is 0 Å². The molecule has 0 aliphatic heterocycles. The number of halogens is 1. The van der Waals surface area contributed by atoms with Crippen LogP contribution >= 0.6 is 15.9 Å². The lowest BCUT2D eigenvalue weighted by Crippen LogP contribution is -1.96. The maximum atomic E-state index is 11.4. The molecule has 0 unspecified atom stereocenters. The number of carbonyl (C=O) groups is 1. The van der Waals surface area contributed by atoms with E-state index in [1.165, 1.54) is 0 Å². The maximum Gasteiger partial charge on any atom is 0.159 e. The Morgan fingerprint density at radius 3 is 2.89 bits per heavy atom. The molecule has 0 aliphatic carbocycles. The first-order valence-electron chi connectivity index (χ1n) is 5.77. The monoisotopic (exact) mass is 315 g/mol. The minimum atomic E-state index is 0.0479. The van der Waals surface area contributed by atoms with Crippen molar-refractivity contribution in [2.45, 2.75) is 6.92 Å². The smallest absolute Gasteiger partial charge is 0.159 e. The fourth-order valence-electron chi connectivity index (χ4n) is 1.90. The molecule has 0 saturated carbocycles. The Morgan fingerprint density at radius 1 is 1.26 bits per heavy atom. The number of aromatic nitrogens is 3. The quantitative estimate of drug-likeness (QED) is 0.681. The van der Waals surface area contributed by atoms with Crippen molar-refractivity contribution in [2.24, 2.45) is 0 Å². The van der Waals surface area contributed by atoms with Crippen molar-refractivity contribution >= 4 is 27.4 Å². The first-order chi connectivity index (χ1) is 9.15. The summed E-state index contributed by atoms with van der Waals surface area (Å²) in [5, 5.41) is 4.50. The lowest BCUT2D eigenvalue weighted by Gasteiger charge is -2.04. The van der Waals surface area contributed by atoms with E-state index in [4.69, 9.17) is 0 Å².